The Morgan fingerprint density at radius 1 is 1.11 bits per heavy atom. The molecule has 1 aromatic heterocycles. The Morgan fingerprint density at radius 2 is 1.56 bits per heavy atom. The van der Waals surface area contributed by atoms with Gasteiger partial charge in [0.2, 0.25) is 0 Å². The van der Waals surface area contributed by atoms with E-state index in [4.69, 9.17) is 0 Å². The molecule has 1 aromatic rings. The zero-order valence-electron chi connectivity index (χ0n) is 5.46. The largest absolute Gasteiger partial charge is 0.177 e. The highest BCUT2D eigenvalue weighted by atomic mass is 32.1. The third kappa shape index (κ3) is 0.503. The monoisotopic (exact) mass is 140 g/mol. The summed E-state index contributed by atoms with van der Waals surface area (Å²) in [5, 5.41) is 0. The van der Waals surface area contributed by atoms with Crippen LogP contribution in [0.5, 0.6) is 0 Å². The van der Waals surface area contributed by atoms with Gasteiger partial charge in [0.05, 0.1) is 23.1 Å². The van der Waals surface area contributed by atoms with E-state index in [9.17, 15) is 0 Å². The first kappa shape index (κ1) is 5.35. The van der Waals surface area contributed by atoms with Gasteiger partial charge in [0.25, 0.3) is 0 Å². The predicted molar refractivity (Wildman–Crippen MR) is 36.7 cm³/mol. The number of fused-ring (bicyclic) bond motifs is 1. The first-order valence-corrected chi connectivity index (χ1v) is 3.86. The average Bonchev–Trinajstić information content (AvgIpc) is 2.30. The van der Waals surface area contributed by atoms with Gasteiger partial charge < -0.3 is 0 Å². The molecule has 0 radical (unpaired) electrons. The summed E-state index contributed by atoms with van der Waals surface area (Å²) in [4.78, 5) is 0. The maximum Gasteiger partial charge on any atom is 0.0812 e. The van der Waals surface area contributed by atoms with E-state index in [2.05, 4.69) is 22.6 Å². The molecular weight excluding hydrogens is 132 g/mol. The van der Waals surface area contributed by atoms with Crippen LogP contribution in [0, 0.1) is 0 Å². The van der Waals surface area contributed by atoms with Crippen LogP contribution in [0.15, 0.2) is 0 Å². The van der Waals surface area contributed by atoms with Gasteiger partial charge in [-0.15, -0.1) is 0 Å². The molecule has 2 nitrogen and oxygen atoms in total. The second-order valence-electron chi connectivity index (χ2n) is 2.61. The highest BCUT2D eigenvalue weighted by Gasteiger charge is 2.34. The Morgan fingerprint density at radius 3 is 2.00 bits per heavy atom. The molecule has 0 bridgehead atoms. The van der Waals surface area contributed by atoms with E-state index in [1.54, 1.807) is 0 Å². The van der Waals surface area contributed by atoms with Crippen molar-refractivity contribution in [1.82, 2.24) is 8.75 Å². The summed E-state index contributed by atoms with van der Waals surface area (Å²) in [7, 11) is 0. The second kappa shape index (κ2) is 1.53. The summed E-state index contributed by atoms with van der Waals surface area (Å²) in [6.45, 7) is 4.41. The first-order chi connectivity index (χ1) is 4.30. The maximum absolute atomic E-state index is 4.16. The lowest BCUT2D eigenvalue weighted by Gasteiger charge is -2.27. The van der Waals surface area contributed by atoms with Gasteiger partial charge in [0.15, 0.2) is 0 Å². The minimum absolute atomic E-state index is 0.652. The molecular formula is C6H8N2S. The van der Waals surface area contributed by atoms with Crippen LogP contribution < -0.4 is 0 Å². The van der Waals surface area contributed by atoms with Crippen LogP contribution >= 0.6 is 11.7 Å². The van der Waals surface area contributed by atoms with Gasteiger partial charge in [-0.05, 0) is 0 Å². The Bertz CT molecular complexity index is 208. The van der Waals surface area contributed by atoms with Gasteiger partial charge in [-0.3, -0.25) is 0 Å². The number of hydrogen-bond donors (Lipinski definition) is 0. The van der Waals surface area contributed by atoms with E-state index in [0.717, 1.165) is 0 Å². The van der Waals surface area contributed by atoms with Crippen LogP contribution in [-0.2, 0) is 0 Å². The second-order valence-corrected chi connectivity index (χ2v) is 3.14. The molecule has 3 heteroatoms. The highest BCUT2D eigenvalue weighted by molar-refractivity contribution is 6.99. The molecule has 0 fully saturated rings. The Hall–Kier alpha value is -0.440. The lowest BCUT2D eigenvalue weighted by atomic mass is 9.77. The number of hydrogen-bond acceptors (Lipinski definition) is 3. The minimum Gasteiger partial charge on any atom is -0.177 e. The van der Waals surface area contributed by atoms with Crippen molar-refractivity contribution in [3.8, 4) is 0 Å². The lowest BCUT2D eigenvalue weighted by molar-refractivity contribution is 0.518. The zero-order valence-corrected chi connectivity index (χ0v) is 6.27. The predicted octanol–water partition coefficient (Wildman–Crippen LogP) is 1.76. The molecule has 0 amide bonds. The third-order valence-corrected chi connectivity index (χ3v) is 2.71. The zero-order chi connectivity index (χ0) is 6.43. The molecule has 2 rings (SSSR count). The van der Waals surface area contributed by atoms with Crippen molar-refractivity contribution < 1.29 is 0 Å². The summed E-state index contributed by atoms with van der Waals surface area (Å²) in [5.41, 5.74) is 2.46. The maximum atomic E-state index is 4.16. The molecule has 1 heterocycles. The molecule has 1 aliphatic rings. The van der Waals surface area contributed by atoms with Crippen molar-refractivity contribution in [3.63, 3.8) is 0 Å². The Kier molecular flexibility index (Phi) is 0.913. The fourth-order valence-electron chi connectivity index (χ4n) is 1.21. The molecule has 2 atom stereocenters. The number of aromatic nitrogens is 2. The van der Waals surface area contributed by atoms with Crippen LogP contribution in [-0.4, -0.2) is 8.75 Å². The van der Waals surface area contributed by atoms with Gasteiger partial charge in [0, 0.05) is 11.8 Å². The van der Waals surface area contributed by atoms with Crippen LogP contribution in [0.2, 0.25) is 0 Å². The van der Waals surface area contributed by atoms with Gasteiger partial charge in [-0.25, -0.2) is 0 Å². The minimum atomic E-state index is 0.652. The summed E-state index contributed by atoms with van der Waals surface area (Å²) >= 11 is 1.34. The highest BCUT2D eigenvalue weighted by Crippen LogP contribution is 2.43. The van der Waals surface area contributed by atoms with Crippen molar-refractivity contribution in [2.24, 2.45) is 0 Å². The molecule has 0 spiro atoms. The average molecular weight is 140 g/mol. The van der Waals surface area contributed by atoms with Crippen LogP contribution in [0.25, 0.3) is 0 Å². The standard InChI is InChI=1S/C6H8N2S/c1-3-4(2)6-5(3)7-9-8-6/h3-4H,1-2H3/t3-,4+. The molecule has 0 aliphatic heterocycles. The lowest BCUT2D eigenvalue weighted by Crippen LogP contribution is -2.18. The molecule has 0 aromatic carbocycles. The quantitative estimate of drug-likeness (QED) is 0.548. The fourth-order valence-corrected chi connectivity index (χ4v) is 1.95. The van der Waals surface area contributed by atoms with Crippen LogP contribution in [0.1, 0.15) is 37.1 Å². The Labute approximate surface area is 58.2 Å². The first-order valence-electron chi connectivity index (χ1n) is 3.13. The van der Waals surface area contributed by atoms with Crippen LogP contribution in [0.4, 0.5) is 0 Å². The summed E-state index contributed by atoms with van der Waals surface area (Å²) in [6.07, 6.45) is 0. The molecule has 0 saturated heterocycles. The van der Waals surface area contributed by atoms with Crippen molar-refractivity contribution in [2.45, 2.75) is 25.7 Å². The van der Waals surface area contributed by atoms with E-state index in [0.29, 0.717) is 11.8 Å². The van der Waals surface area contributed by atoms with Crippen molar-refractivity contribution in [2.75, 3.05) is 0 Å². The van der Waals surface area contributed by atoms with E-state index in [-0.39, 0.29) is 0 Å². The van der Waals surface area contributed by atoms with E-state index in [1.807, 2.05) is 0 Å². The normalized spacial score (nSPS) is 31.3. The van der Waals surface area contributed by atoms with Crippen molar-refractivity contribution in [1.29, 1.82) is 0 Å². The van der Waals surface area contributed by atoms with E-state index < -0.39 is 0 Å². The van der Waals surface area contributed by atoms with Gasteiger partial charge in [-0.2, -0.15) is 8.75 Å². The van der Waals surface area contributed by atoms with Gasteiger partial charge in [0.1, 0.15) is 0 Å². The summed E-state index contributed by atoms with van der Waals surface area (Å²) in [6, 6.07) is 0. The topological polar surface area (TPSA) is 25.8 Å². The van der Waals surface area contributed by atoms with Gasteiger partial charge >= 0.3 is 0 Å². The van der Waals surface area contributed by atoms with E-state index in [1.165, 1.54) is 23.1 Å². The molecule has 9 heavy (non-hydrogen) atoms. The fraction of sp³-hybridized carbons (Fsp3) is 0.667. The van der Waals surface area contributed by atoms with Gasteiger partial charge in [-0.1, -0.05) is 13.8 Å². The molecule has 1 aliphatic carbocycles. The third-order valence-electron chi connectivity index (χ3n) is 2.15. The SMILES string of the molecule is C[C@@H]1c2nsnc2[C@@H]1C. The Balaban J connectivity index is 2.50. The van der Waals surface area contributed by atoms with Crippen molar-refractivity contribution >= 4 is 11.7 Å². The number of nitrogens with zero attached hydrogens (tertiary/aromatic N) is 2. The molecule has 0 unspecified atom stereocenters. The molecule has 48 valence electrons. The number of rotatable bonds is 0. The van der Waals surface area contributed by atoms with Crippen molar-refractivity contribution in [3.05, 3.63) is 11.4 Å². The van der Waals surface area contributed by atoms with E-state index >= 15 is 0 Å². The smallest absolute Gasteiger partial charge is 0.0812 e. The summed E-state index contributed by atoms with van der Waals surface area (Å²) in [5.74, 6) is 1.30. The molecule has 0 saturated carbocycles. The molecule has 0 N–H and O–H groups in total. The van der Waals surface area contributed by atoms with Crippen LogP contribution in [0.3, 0.4) is 0 Å². The summed E-state index contributed by atoms with van der Waals surface area (Å²) < 4.78 is 8.33.